The van der Waals surface area contributed by atoms with E-state index in [1.807, 2.05) is 36.4 Å². The van der Waals surface area contributed by atoms with Crippen LogP contribution in [0.3, 0.4) is 0 Å². The first kappa shape index (κ1) is 13.9. The third kappa shape index (κ3) is 3.54. The van der Waals surface area contributed by atoms with E-state index < -0.39 is 0 Å². The van der Waals surface area contributed by atoms with Gasteiger partial charge in [-0.05, 0) is 0 Å². The van der Waals surface area contributed by atoms with E-state index >= 15 is 0 Å². The first-order valence-electron chi connectivity index (χ1n) is 6.63. The Morgan fingerprint density at radius 2 is 1.81 bits per heavy atom. The number of aromatic nitrogens is 1. The van der Waals surface area contributed by atoms with Crippen molar-refractivity contribution in [1.82, 2.24) is 5.16 Å². The molecule has 0 N–H and O–H groups in total. The number of rotatable bonds is 5. The molecular formula is C17H15NO2Se. The van der Waals surface area contributed by atoms with Crippen molar-refractivity contribution < 1.29 is 9.26 Å². The third-order valence-electron chi connectivity index (χ3n) is 3.07. The Morgan fingerprint density at radius 3 is 2.52 bits per heavy atom. The van der Waals surface area contributed by atoms with Gasteiger partial charge in [-0.2, -0.15) is 0 Å². The number of ether oxygens (including phenoxy) is 1. The molecule has 1 aromatic heterocycles. The number of nitrogens with zero attached hydrogens (tertiary/aromatic N) is 1. The zero-order valence-electron chi connectivity index (χ0n) is 11.7. The van der Waals surface area contributed by atoms with E-state index in [1.165, 1.54) is 4.46 Å². The molecule has 0 fully saturated rings. The quantitative estimate of drug-likeness (QED) is 0.668. The van der Waals surface area contributed by atoms with Crippen LogP contribution in [0.4, 0.5) is 0 Å². The van der Waals surface area contributed by atoms with Crippen LogP contribution in [0.25, 0.3) is 11.3 Å². The Labute approximate surface area is 130 Å². The van der Waals surface area contributed by atoms with Crippen molar-refractivity contribution >= 4 is 19.4 Å². The van der Waals surface area contributed by atoms with Crippen molar-refractivity contribution in [2.75, 3.05) is 7.11 Å². The first-order chi connectivity index (χ1) is 10.3. The van der Waals surface area contributed by atoms with Crippen LogP contribution in [0.5, 0.6) is 5.75 Å². The average Bonchev–Trinajstić information content (AvgIpc) is 3.03. The zero-order chi connectivity index (χ0) is 14.5. The molecule has 0 saturated heterocycles. The zero-order valence-corrected chi connectivity index (χ0v) is 13.4. The van der Waals surface area contributed by atoms with Gasteiger partial charge in [0.05, 0.1) is 0 Å². The summed E-state index contributed by atoms with van der Waals surface area (Å²) in [4.78, 5) is 0. The summed E-state index contributed by atoms with van der Waals surface area (Å²) in [7, 11) is 1.66. The Balaban J connectivity index is 1.68. The fourth-order valence-electron chi connectivity index (χ4n) is 1.95. The van der Waals surface area contributed by atoms with Crippen molar-refractivity contribution in [3.8, 4) is 17.0 Å². The van der Waals surface area contributed by atoms with Gasteiger partial charge in [0.25, 0.3) is 0 Å². The first-order valence-corrected chi connectivity index (χ1v) is 8.70. The van der Waals surface area contributed by atoms with Crippen LogP contribution in [0.15, 0.2) is 65.2 Å². The number of benzene rings is 2. The normalized spacial score (nSPS) is 10.5. The molecule has 3 aromatic rings. The molecule has 0 saturated carbocycles. The average molecular weight is 344 g/mol. The van der Waals surface area contributed by atoms with Crippen molar-refractivity contribution in [2.45, 2.75) is 5.32 Å². The Kier molecular flexibility index (Phi) is 4.39. The molecule has 1 heterocycles. The minimum atomic E-state index is 0.373. The van der Waals surface area contributed by atoms with Crippen molar-refractivity contribution in [3.05, 3.63) is 66.4 Å². The fraction of sp³-hybridized carbons (Fsp3) is 0.118. The Hall–Kier alpha value is -2.03. The molecule has 0 atom stereocenters. The molecule has 4 heteroatoms. The summed E-state index contributed by atoms with van der Waals surface area (Å²) in [6, 6.07) is 20.3. The van der Waals surface area contributed by atoms with E-state index in [1.54, 1.807) is 7.11 Å². The van der Waals surface area contributed by atoms with Crippen molar-refractivity contribution in [2.24, 2.45) is 0 Å². The predicted molar refractivity (Wildman–Crippen MR) is 84.0 cm³/mol. The minimum absolute atomic E-state index is 0.373. The third-order valence-corrected chi connectivity index (χ3v) is 5.24. The van der Waals surface area contributed by atoms with Crippen molar-refractivity contribution in [3.63, 3.8) is 0 Å². The molecule has 3 nitrogen and oxygen atoms in total. The molecule has 0 spiro atoms. The predicted octanol–water partition coefficient (Wildman–Crippen LogP) is 2.88. The molecule has 106 valence electrons. The standard InChI is InChI=1S/C17H15NO2Se/c1-19-14-9-7-13(8-10-14)17-11-15(20-18-17)12-21-16-5-3-2-4-6-16/h2-11H,12H2,1H3. The van der Waals surface area contributed by atoms with Gasteiger partial charge in [0.2, 0.25) is 0 Å². The summed E-state index contributed by atoms with van der Waals surface area (Å²) in [6.45, 7) is 0. The van der Waals surface area contributed by atoms with E-state index in [9.17, 15) is 0 Å². The van der Waals surface area contributed by atoms with Gasteiger partial charge >= 0.3 is 130 Å². The van der Waals surface area contributed by atoms with Gasteiger partial charge in [0.15, 0.2) is 0 Å². The van der Waals surface area contributed by atoms with Crippen LogP contribution < -0.4 is 9.20 Å². The van der Waals surface area contributed by atoms with E-state index in [0.29, 0.717) is 15.0 Å². The topological polar surface area (TPSA) is 35.3 Å². The number of hydrogen-bond donors (Lipinski definition) is 0. The summed E-state index contributed by atoms with van der Waals surface area (Å²) >= 11 is 0.373. The van der Waals surface area contributed by atoms with Crippen LogP contribution in [0.1, 0.15) is 5.76 Å². The van der Waals surface area contributed by atoms with E-state index in [2.05, 4.69) is 29.4 Å². The van der Waals surface area contributed by atoms with Crippen molar-refractivity contribution in [1.29, 1.82) is 0 Å². The van der Waals surface area contributed by atoms with Gasteiger partial charge in [-0.15, -0.1) is 0 Å². The van der Waals surface area contributed by atoms with Gasteiger partial charge in [-0.25, -0.2) is 0 Å². The second-order valence-electron chi connectivity index (χ2n) is 4.51. The van der Waals surface area contributed by atoms with E-state index in [4.69, 9.17) is 9.26 Å². The van der Waals surface area contributed by atoms with Crippen LogP contribution in [0, 0.1) is 0 Å². The maximum absolute atomic E-state index is 5.43. The molecule has 0 aliphatic carbocycles. The monoisotopic (exact) mass is 345 g/mol. The second kappa shape index (κ2) is 6.61. The number of methoxy groups -OCH3 is 1. The summed E-state index contributed by atoms with van der Waals surface area (Å²) < 4.78 is 12.0. The summed E-state index contributed by atoms with van der Waals surface area (Å²) in [6.07, 6.45) is 0. The van der Waals surface area contributed by atoms with E-state index in [0.717, 1.165) is 28.1 Å². The Morgan fingerprint density at radius 1 is 1.05 bits per heavy atom. The molecular weight excluding hydrogens is 329 g/mol. The van der Waals surface area contributed by atoms with Crippen LogP contribution >= 0.6 is 0 Å². The summed E-state index contributed by atoms with van der Waals surface area (Å²) in [5.41, 5.74) is 1.91. The van der Waals surface area contributed by atoms with Crippen LogP contribution in [-0.2, 0) is 5.32 Å². The van der Waals surface area contributed by atoms with Crippen LogP contribution in [-0.4, -0.2) is 27.2 Å². The van der Waals surface area contributed by atoms with Gasteiger partial charge in [0, 0.05) is 0 Å². The van der Waals surface area contributed by atoms with Gasteiger partial charge < -0.3 is 0 Å². The molecule has 0 aliphatic heterocycles. The number of hydrogen-bond acceptors (Lipinski definition) is 3. The Bertz CT molecular complexity index is 692. The fourth-order valence-corrected chi connectivity index (χ4v) is 3.62. The van der Waals surface area contributed by atoms with Gasteiger partial charge in [-0.1, -0.05) is 0 Å². The molecule has 0 amide bonds. The molecule has 3 rings (SSSR count). The molecule has 0 radical (unpaired) electrons. The summed E-state index contributed by atoms with van der Waals surface area (Å²) in [5.74, 6) is 1.78. The summed E-state index contributed by atoms with van der Waals surface area (Å²) in [5, 5.41) is 5.07. The van der Waals surface area contributed by atoms with Gasteiger partial charge in [-0.3, -0.25) is 0 Å². The van der Waals surface area contributed by atoms with E-state index in [-0.39, 0.29) is 0 Å². The van der Waals surface area contributed by atoms with Crippen LogP contribution in [0.2, 0.25) is 0 Å². The molecule has 21 heavy (non-hydrogen) atoms. The molecule has 2 aromatic carbocycles. The molecule has 0 unspecified atom stereocenters. The SMILES string of the molecule is COc1ccc(-c2cc(C[Se]c3ccccc3)on2)cc1. The molecule has 0 aliphatic rings. The second-order valence-corrected chi connectivity index (χ2v) is 6.71. The maximum atomic E-state index is 5.43. The van der Waals surface area contributed by atoms with Gasteiger partial charge in [0.1, 0.15) is 0 Å². The molecule has 0 bridgehead atoms.